The Morgan fingerprint density at radius 2 is 1.78 bits per heavy atom. The molecule has 1 aliphatic carbocycles. The standard InChI is InChI=1S/C26H27FN2O3/c27-21-11-13-22(14-12-21)29-25(31)18-23(26(29)32)28(16-15-19-7-3-1-4-8-19)24(30)17-20-9-5-2-6-10-20/h2,5-7,9-14,23H,1,3-4,8,15-18H2. The van der Waals surface area contributed by atoms with E-state index in [1.54, 1.807) is 4.90 Å². The summed E-state index contributed by atoms with van der Waals surface area (Å²) in [5.74, 6) is -1.41. The van der Waals surface area contributed by atoms with E-state index in [9.17, 15) is 18.8 Å². The Hall–Kier alpha value is -3.28. The van der Waals surface area contributed by atoms with Crippen molar-refractivity contribution < 1.29 is 18.8 Å². The maximum Gasteiger partial charge on any atom is 0.257 e. The predicted molar refractivity (Wildman–Crippen MR) is 120 cm³/mol. The maximum absolute atomic E-state index is 13.3. The Labute approximate surface area is 187 Å². The van der Waals surface area contributed by atoms with Gasteiger partial charge in [-0.05, 0) is 61.9 Å². The van der Waals surface area contributed by atoms with Crippen LogP contribution in [-0.4, -0.2) is 35.2 Å². The molecule has 1 fully saturated rings. The number of halogens is 1. The minimum atomic E-state index is -0.840. The molecule has 2 aromatic carbocycles. The third kappa shape index (κ3) is 4.96. The van der Waals surface area contributed by atoms with Crippen molar-refractivity contribution in [3.05, 3.63) is 77.6 Å². The average Bonchev–Trinajstić information content (AvgIpc) is 3.09. The molecule has 2 aromatic rings. The molecule has 0 N–H and O–H groups in total. The van der Waals surface area contributed by atoms with Crippen LogP contribution in [0.2, 0.25) is 0 Å². The summed E-state index contributed by atoms with van der Waals surface area (Å²) in [6.07, 6.45) is 7.44. The fraction of sp³-hybridized carbons (Fsp3) is 0.346. The summed E-state index contributed by atoms with van der Waals surface area (Å²) in [5, 5.41) is 0. The van der Waals surface area contributed by atoms with Crippen LogP contribution in [-0.2, 0) is 20.8 Å². The number of anilines is 1. The highest BCUT2D eigenvalue weighted by Crippen LogP contribution is 2.28. The molecule has 1 saturated heterocycles. The molecule has 32 heavy (non-hydrogen) atoms. The van der Waals surface area contributed by atoms with Gasteiger partial charge in [-0.3, -0.25) is 14.4 Å². The molecule has 166 valence electrons. The molecule has 5 nitrogen and oxygen atoms in total. The lowest BCUT2D eigenvalue weighted by Gasteiger charge is -2.29. The smallest absolute Gasteiger partial charge is 0.257 e. The van der Waals surface area contributed by atoms with Crippen LogP contribution in [0.15, 0.2) is 66.2 Å². The van der Waals surface area contributed by atoms with Crippen molar-refractivity contribution in [2.24, 2.45) is 0 Å². The van der Waals surface area contributed by atoms with Crippen LogP contribution in [0, 0.1) is 5.82 Å². The second kappa shape index (κ2) is 9.90. The summed E-state index contributed by atoms with van der Waals surface area (Å²) < 4.78 is 13.3. The van der Waals surface area contributed by atoms with Gasteiger partial charge in [0.05, 0.1) is 18.5 Å². The van der Waals surface area contributed by atoms with Crippen LogP contribution in [0.1, 0.15) is 44.1 Å². The Kier molecular flexibility index (Phi) is 6.78. The van der Waals surface area contributed by atoms with Gasteiger partial charge in [0.1, 0.15) is 11.9 Å². The first kappa shape index (κ1) is 21.9. The Morgan fingerprint density at radius 1 is 1.03 bits per heavy atom. The van der Waals surface area contributed by atoms with Gasteiger partial charge >= 0.3 is 0 Å². The van der Waals surface area contributed by atoms with Gasteiger partial charge in [0, 0.05) is 6.54 Å². The molecule has 2 aliphatic rings. The molecule has 4 rings (SSSR count). The minimum Gasteiger partial charge on any atom is -0.329 e. The van der Waals surface area contributed by atoms with E-state index in [4.69, 9.17) is 0 Å². The average molecular weight is 435 g/mol. The van der Waals surface area contributed by atoms with Crippen molar-refractivity contribution >= 4 is 23.4 Å². The number of imide groups is 1. The van der Waals surface area contributed by atoms with Crippen LogP contribution in [0.4, 0.5) is 10.1 Å². The minimum absolute atomic E-state index is 0.0597. The summed E-state index contributed by atoms with van der Waals surface area (Å²) in [7, 11) is 0. The van der Waals surface area contributed by atoms with Crippen molar-refractivity contribution in [1.29, 1.82) is 0 Å². The van der Waals surface area contributed by atoms with Gasteiger partial charge in [-0.25, -0.2) is 9.29 Å². The Balaban J connectivity index is 1.55. The van der Waals surface area contributed by atoms with Gasteiger partial charge in [0.2, 0.25) is 11.8 Å². The second-order valence-electron chi connectivity index (χ2n) is 8.37. The third-order valence-electron chi connectivity index (χ3n) is 6.16. The van der Waals surface area contributed by atoms with Crippen molar-refractivity contribution in [2.45, 2.75) is 51.0 Å². The van der Waals surface area contributed by atoms with Gasteiger partial charge in [-0.1, -0.05) is 42.0 Å². The highest BCUT2D eigenvalue weighted by atomic mass is 19.1. The summed E-state index contributed by atoms with van der Waals surface area (Å²) >= 11 is 0. The number of amides is 3. The van der Waals surface area contributed by atoms with Crippen LogP contribution < -0.4 is 4.90 Å². The fourth-order valence-electron chi connectivity index (χ4n) is 4.44. The van der Waals surface area contributed by atoms with Crippen molar-refractivity contribution in [2.75, 3.05) is 11.4 Å². The summed E-state index contributed by atoms with van der Waals surface area (Å²) in [6, 6.07) is 13.8. The number of benzene rings is 2. The molecule has 0 saturated carbocycles. The molecule has 6 heteroatoms. The van der Waals surface area contributed by atoms with Crippen molar-refractivity contribution in [3.8, 4) is 0 Å². The highest BCUT2D eigenvalue weighted by Gasteiger charge is 2.44. The Morgan fingerprint density at radius 3 is 2.47 bits per heavy atom. The molecule has 1 unspecified atom stereocenters. The lowest BCUT2D eigenvalue weighted by Crippen LogP contribution is -2.46. The monoisotopic (exact) mass is 434 g/mol. The molecular weight excluding hydrogens is 407 g/mol. The SMILES string of the molecule is O=C1CC(N(CCC2=CCCCC2)C(=O)Cc2ccccc2)C(=O)N1c1ccc(F)cc1. The van der Waals surface area contributed by atoms with Gasteiger partial charge in [0.25, 0.3) is 5.91 Å². The van der Waals surface area contributed by atoms with Crippen molar-refractivity contribution in [1.82, 2.24) is 4.90 Å². The number of hydrogen-bond acceptors (Lipinski definition) is 3. The highest BCUT2D eigenvalue weighted by molar-refractivity contribution is 6.23. The van der Waals surface area contributed by atoms with E-state index in [1.807, 2.05) is 30.3 Å². The molecule has 3 amide bonds. The molecule has 0 bridgehead atoms. The molecule has 0 radical (unpaired) electrons. The maximum atomic E-state index is 13.3. The first-order chi connectivity index (χ1) is 15.5. The number of allylic oxidation sites excluding steroid dienone is 1. The van der Waals surface area contributed by atoms with Crippen LogP contribution in [0.5, 0.6) is 0 Å². The van der Waals surface area contributed by atoms with Gasteiger partial charge in [-0.15, -0.1) is 0 Å². The van der Waals surface area contributed by atoms with Crippen LogP contribution >= 0.6 is 0 Å². The normalized spacial score (nSPS) is 18.6. The fourth-order valence-corrected chi connectivity index (χ4v) is 4.44. The van der Waals surface area contributed by atoms with E-state index >= 15 is 0 Å². The summed E-state index contributed by atoms with van der Waals surface area (Å²) in [5.41, 5.74) is 2.50. The van der Waals surface area contributed by atoms with Gasteiger partial charge in [0.15, 0.2) is 0 Å². The number of carbonyl (C=O) groups is 3. The molecule has 1 aliphatic heterocycles. The number of rotatable bonds is 7. The van der Waals surface area contributed by atoms with E-state index < -0.39 is 17.8 Å². The number of nitrogens with zero attached hydrogens (tertiary/aromatic N) is 2. The molecule has 0 spiro atoms. The second-order valence-corrected chi connectivity index (χ2v) is 8.37. The zero-order chi connectivity index (χ0) is 22.5. The third-order valence-corrected chi connectivity index (χ3v) is 6.16. The molecule has 1 atom stereocenters. The molecular formula is C26H27FN2O3. The quantitative estimate of drug-likeness (QED) is 0.479. The zero-order valence-electron chi connectivity index (χ0n) is 18.0. The topological polar surface area (TPSA) is 57.7 Å². The Bertz CT molecular complexity index is 1020. The summed E-state index contributed by atoms with van der Waals surface area (Å²) in [6.45, 7) is 0.401. The van der Waals surface area contributed by atoms with Crippen molar-refractivity contribution in [3.63, 3.8) is 0 Å². The first-order valence-corrected chi connectivity index (χ1v) is 11.2. The van der Waals surface area contributed by atoms with E-state index in [-0.39, 0.29) is 24.7 Å². The first-order valence-electron chi connectivity index (χ1n) is 11.2. The predicted octanol–water partition coefficient (Wildman–Crippen LogP) is 4.42. The number of carbonyl (C=O) groups excluding carboxylic acids is 3. The van der Waals surface area contributed by atoms with Crippen LogP contribution in [0.3, 0.4) is 0 Å². The van der Waals surface area contributed by atoms with Gasteiger partial charge < -0.3 is 4.90 Å². The van der Waals surface area contributed by atoms with E-state index in [1.165, 1.54) is 36.3 Å². The zero-order valence-corrected chi connectivity index (χ0v) is 18.0. The largest absolute Gasteiger partial charge is 0.329 e. The van der Waals surface area contributed by atoms with E-state index in [2.05, 4.69) is 6.08 Å². The molecule has 1 heterocycles. The van der Waals surface area contributed by atoms with Gasteiger partial charge in [-0.2, -0.15) is 0 Å². The number of hydrogen-bond donors (Lipinski definition) is 0. The summed E-state index contributed by atoms with van der Waals surface area (Å²) in [4.78, 5) is 41.9. The lowest BCUT2D eigenvalue weighted by atomic mass is 9.96. The van der Waals surface area contributed by atoms with Crippen LogP contribution in [0.25, 0.3) is 0 Å². The lowest BCUT2D eigenvalue weighted by molar-refractivity contribution is -0.137. The molecule has 0 aromatic heterocycles. The van der Waals surface area contributed by atoms with E-state index in [0.29, 0.717) is 18.7 Å². The van der Waals surface area contributed by atoms with E-state index in [0.717, 1.165) is 29.7 Å².